The zero-order valence-corrected chi connectivity index (χ0v) is 12.2. The predicted octanol–water partition coefficient (Wildman–Crippen LogP) is 3.69. The standard InChI is InChI=1S/C15H17BrFNO/c16-10-1-4-14(17)13(8-10)15(19)7-9-5-11-2-3-12(6-9)18-11/h1,4,8-9,11-12,18H,2-3,5-7H2. The molecule has 2 aliphatic rings. The lowest BCUT2D eigenvalue weighted by atomic mass is 9.87. The number of halogens is 2. The highest BCUT2D eigenvalue weighted by molar-refractivity contribution is 9.10. The first-order valence-corrected chi connectivity index (χ1v) is 7.65. The summed E-state index contributed by atoms with van der Waals surface area (Å²) in [7, 11) is 0. The van der Waals surface area contributed by atoms with Gasteiger partial charge in [-0.05, 0) is 49.8 Å². The molecule has 0 aromatic heterocycles. The van der Waals surface area contributed by atoms with Crippen LogP contribution in [0.5, 0.6) is 0 Å². The van der Waals surface area contributed by atoms with Crippen molar-refractivity contribution in [1.29, 1.82) is 0 Å². The van der Waals surface area contributed by atoms with E-state index in [2.05, 4.69) is 21.2 Å². The fraction of sp³-hybridized carbons (Fsp3) is 0.533. The van der Waals surface area contributed by atoms with Gasteiger partial charge in [0, 0.05) is 23.0 Å². The number of carbonyl (C=O) groups excluding carboxylic acids is 1. The summed E-state index contributed by atoms with van der Waals surface area (Å²) < 4.78 is 14.4. The van der Waals surface area contributed by atoms with E-state index in [1.165, 1.54) is 18.9 Å². The zero-order valence-electron chi connectivity index (χ0n) is 10.7. The molecule has 0 aliphatic carbocycles. The van der Waals surface area contributed by atoms with Crippen LogP contribution in [-0.4, -0.2) is 17.9 Å². The van der Waals surface area contributed by atoms with E-state index in [-0.39, 0.29) is 11.3 Å². The van der Waals surface area contributed by atoms with Gasteiger partial charge in [0.05, 0.1) is 5.56 Å². The van der Waals surface area contributed by atoms with Crippen molar-refractivity contribution in [3.8, 4) is 0 Å². The third kappa shape index (κ3) is 2.90. The molecule has 2 bridgehead atoms. The van der Waals surface area contributed by atoms with Crippen LogP contribution in [0.15, 0.2) is 22.7 Å². The van der Waals surface area contributed by atoms with Gasteiger partial charge in [0.2, 0.25) is 0 Å². The number of benzene rings is 1. The number of Topliss-reactive ketones (excluding diaryl/α,β-unsaturated/α-hetero) is 1. The molecule has 0 spiro atoms. The van der Waals surface area contributed by atoms with E-state index in [0.717, 1.165) is 17.3 Å². The average molecular weight is 326 g/mol. The molecule has 2 fully saturated rings. The molecular weight excluding hydrogens is 309 g/mol. The smallest absolute Gasteiger partial charge is 0.166 e. The molecule has 0 radical (unpaired) electrons. The van der Waals surface area contributed by atoms with E-state index in [9.17, 15) is 9.18 Å². The van der Waals surface area contributed by atoms with Gasteiger partial charge in [-0.15, -0.1) is 0 Å². The summed E-state index contributed by atoms with van der Waals surface area (Å²) in [4.78, 5) is 12.2. The number of hydrogen-bond donors (Lipinski definition) is 1. The Morgan fingerprint density at radius 3 is 2.68 bits per heavy atom. The van der Waals surface area contributed by atoms with Gasteiger partial charge in [0.25, 0.3) is 0 Å². The third-order valence-electron chi connectivity index (χ3n) is 4.27. The van der Waals surface area contributed by atoms with Gasteiger partial charge in [0.1, 0.15) is 5.82 Å². The molecule has 0 amide bonds. The SMILES string of the molecule is O=C(CC1CC2CCC(C1)N2)c1cc(Br)ccc1F. The van der Waals surface area contributed by atoms with E-state index < -0.39 is 5.82 Å². The van der Waals surface area contributed by atoms with E-state index in [4.69, 9.17) is 0 Å². The second-order valence-corrected chi connectivity index (χ2v) is 6.64. The molecule has 1 aromatic carbocycles. The van der Waals surface area contributed by atoms with Crippen LogP contribution in [-0.2, 0) is 0 Å². The van der Waals surface area contributed by atoms with E-state index >= 15 is 0 Å². The molecule has 102 valence electrons. The van der Waals surface area contributed by atoms with Crippen molar-refractivity contribution < 1.29 is 9.18 Å². The highest BCUT2D eigenvalue weighted by Crippen LogP contribution is 2.33. The molecule has 2 heterocycles. The predicted molar refractivity (Wildman–Crippen MR) is 75.7 cm³/mol. The van der Waals surface area contributed by atoms with Gasteiger partial charge < -0.3 is 5.32 Å². The topological polar surface area (TPSA) is 29.1 Å². The summed E-state index contributed by atoms with van der Waals surface area (Å²) in [6, 6.07) is 5.71. The van der Waals surface area contributed by atoms with E-state index in [0.29, 0.717) is 24.4 Å². The molecule has 2 saturated heterocycles. The number of rotatable bonds is 3. The van der Waals surface area contributed by atoms with E-state index in [1.807, 2.05) is 0 Å². The number of nitrogens with one attached hydrogen (secondary N) is 1. The van der Waals surface area contributed by atoms with Gasteiger partial charge in [0.15, 0.2) is 5.78 Å². The summed E-state index contributed by atoms with van der Waals surface area (Å²) in [6.45, 7) is 0. The minimum absolute atomic E-state index is 0.0647. The van der Waals surface area contributed by atoms with Crippen LogP contribution in [0.2, 0.25) is 0 Å². The lowest BCUT2D eigenvalue weighted by Crippen LogP contribution is -2.38. The summed E-state index contributed by atoms with van der Waals surface area (Å²) in [5.41, 5.74) is 0.222. The monoisotopic (exact) mass is 325 g/mol. The Hall–Kier alpha value is -0.740. The molecule has 2 aliphatic heterocycles. The van der Waals surface area contributed by atoms with Crippen LogP contribution in [0, 0.1) is 11.7 Å². The number of piperidine rings is 1. The first-order valence-electron chi connectivity index (χ1n) is 6.86. The van der Waals surface area contributed by atoms with Crippen molar-refractivity contribution >= 4 is 21.7 Å². The molecule has 1 aromatic rings. The van der Waals surface area contributed by atoms with Crippen molar-refractivity contribution in [2.45, 2.75) is 44.2 Å². The largest absolute Gasteiger partial charge is 0.311 e. The Morgan fingerprint density at radius 2 is 2.00 bits per heavy atom. The summed E-state index contributed by atoms with van der Waals surface area (Å²) in [5.74, 6) is -0.0696. The minimum atomic E-state index is -0.412. The maximum Gasteiger partial charge on any atom is 0.166 e. The molecule has 0 saturated carbocycles. The highest BCUT2D eigenvalue weighted by atomic mass is 79.9. The lowest BCUT2D eigenvalue weighted by Gasteiger charge is -2.28. The fourth-order valence-electron chi connectivity index (χ4n) is 3.43. The second-order valence-electron chi connectivity index (χ2n) is 5.73. The Bertz CT molecular complexity index is 493. The van der Waals surface area contributed by atoms with Crippen molar-refractivity contribution in [2.24, 2.45) is 5.92 Å². The van der Waals surface area contributed by atoms with Crippen LogP contribution in [0.25, 0.3) is 0 Å². The quantitative estimate of drug-likeness (QED) is 0.859. The second kappa shape index (κ2) is 5.33. The summed E-state index contributed by atoms with van der Waals surface area (Å²) in [5, 5.41) is 3.56. The zero-order chi connectivity index (χ0) is 13.4. The van der Waals surface area contributed by atoms with E-state index in [1.54, 1.807) is 12.1 Å². The Labute approximate surface area is 120 Å². The van der Waals surface area contributed by atoms with Gasteiger partial charge in [-0.2, -0.15) is 0 Å². The highest BCUT2D eigenvalue weighted by Gasteiger charge is 2.34. The Kier molecular flexibility index (Phi) is 3.72. The molecular formula is C15H17BrFNO. The first-order chi connectivity index (χ1) is 9.11. The molecule has 2 atom stereocenters. The van der Waals surface area contributed by atoms with Crippen molar-refractivity contribution in [2.75, 3.05) is 0 Å². The van der Waals surface area contributed by atoms with Crippen molar-refractivity contribution in [1.82, 2.24) is 5.32 Å². The maximum absolute atomic E-state index is 13.7. The Morgan fingerprint density at radius 1 is 1.32 bits per heavy atom. The van der Waals surface area contributed by atoms with Gasteiger partial charge in [-0.3, -0.25) is 4.79 Å². The third-order valence-corrected chi connectivity index (χ3v) is 4.77. The van der Waals surface area contributed by atoms with Crippen LogP contribution in [0.4, 0.5) is 4.39 Å². The van der Waals surface area contributed by atoms with Crippen LogP contribution in [0.1, 0.15) is 42.5 Å². The molecule has 1 N–H and O–H groups in total. The fourth-order valence-corrected chi connectivity index (χ4v) is 3.79. The molecule has 3 rings (SSSR count). The number of ketones is 1. The van der Waals surface area contributed by atoms with Gasteiger partial charge in [-0.25, -0.2) is 4.39 Å². The van der Waals surface area contributed by atoms with Crippen LogP contribution >= 0.6 is 15.9 Å². The lowest BCUT2D eigenvalue weighted by molar-refractivity contribution is 0.0941. The molecule has 4 heteroatoms. The maximum atomic E-state index is 13.7. The number of carbonyl (C=O) groups is 1. The molecule has 2 unspecified atom stereocenters. The van der Waals surface area contributed by atoms with Crippen LogP contribution < -0.4 is 5.32 Å². The average Bonchev–Trinajstić information content (AvgIpc) is 2.71. The van der Waals surface area contributed by atoms with Crippen molar-refractivity contribution in [3.63, 3.8) is 0 Å². The minimum Gasteiger partial charge on any atom is -0.311 e. The summed E-state index contributed by atoms with van der Waals surface area (Å²) in [6.07, 6.45) is 5.03. The molecule has 19 heavy (non-hydrogen) atoms. The Balaban J connectivity index is 1.69. The summed E-state index contributed by atoms with van der Waals surface area (Å²) >= 11 is 3.29. The van der Waals surface area contributed by atoms with Crippen LogP contribution in [0.3, 0.4) is 0 Å². The van der Waals surface area contributed by atoms with Gasteiger partial charge in [-0.1, -0.05) is 15.9 Å². The normalized spacial score (nSPS) is 29.5. The number of fused-ring (bicyclic) bond motifs is 2. The van der Waals surface area contributed by atoms with Crippen molar-refractivity contribution in [3.05, 3.63) is 34.1 Å². The first kappa shape index (κ1) is 13.3. The number of hydrogen-bond acceptors (Lipinski definition) is 2. The van der Waals surface area contributed by atoms with Gasteiger partial charge >= 0.3 is 0 Å². The molecule has 2 nitrogen and oxygen atoms in total.